The van der Waals surface area contributed by atoms with Crippen molar-refractivity contribution < 1.29 is 4.42 Å². The summed E-state index contributed by atoms with van der Waals surface area (Å²) in [5.41, 5.74) is 2.73. The quantitative estimate of drug-likeness (QED) is 0.825. The zero-order chi connectivity index (χ0) is 16.2. The summed E-state index contributed by atoms with van der Waals surface area (Å²) in [6, 6.07) is 12.6. The number of hydrogen-bond acceptors (Lipinski definition) is 2. The average molecular weight is 316 g/mol. The molecule has 22 heavy (non-hydrogen) atoms. The summed E-state index contributed by atoms with van der Waals surface area (Å²) in [5, 5.41) is 7.07. The van der Waals surface area contributed by atoms with Gasteiger partial charge in [0, 0.05) is 0 Å². The van der Waals surface area contributed by atoms with Gasteiger partial charge in [0.15, 0.2) is 5.11 Å². The molecule has 0 amide bonds. The number of furan rings is 1. The van der Waals surface area contributed by atoms with Crippen molar-refractivity contribution in [2.75, 3.05) is 0 Å². The molecule has 118 valence electrons. The van der Waals surface area contributed by atoms with Crippen LogP contribution >= 0.6 is 12.2 Å². The van der Waals surface area contributed by atoms with Gasteiger partial charge in [-0.25, -0.2) is 0 Å². The molecule has 0 saturated carbocycles. The molecule has 2 rings (SSSR count). The SMILES string of the molecule is CC(NC(=S)NCc1ccco1)c1ccc(C(C)(C)C)cc1. The van der Waals surface area contributed by atoms with E-state index >= 15 is 0 Å². The average Bonchev–Trinajstić information content (AvgIpc) is 2.97. The molecule has 2 aromatic rings. The van der Waals surface area contributed by atoms with Gasteiger partial charge in [-0.1, -0.05) is 45.0 Å². The largest absolute Gasteiger partial charge is 0.467 e. The summed E-state index contributed by atoms with van der Waals surface area (Å²) in [6.45, 7) is 9.35. The molecule has 0 spiro atoms. The van der Waals surface area contributed by atoms with Gasteiger partial charge in [-0.2, -0.15) is 0 Å². The fourth-order valence-corrected chi connectivity index (χ4v) is 2.43. The Labute approximate surface area is 138 Å². The van der Waals surface area contributed by atoms with E-state index in [4.69, 9.17) is 16.6 Å². The highest BCUT2D eigenvalue weighted by Gasteiger charge is 2.14. The predicted octanol–water partition coefficient (Wildman–Crippen LogP) is 4.30. The van der Waals surface area contributed by atoms with E-state index in [0.717, 1.165) is 5.76 Å². The van der Waals surface area contributed by atoms with E-state index in [1.165, 1.54) is 11.1 Å². The van der Waals surface area contributed by atoms with E-state index < -0.39 is 0 Å². The van der Waals surface area contributed by atoms with Crippen molar-refractivity contribution in [3.8, 4) is 0 Å². The molecule has 1 aromatic carbocycles. The molecule has 0 aliphatic heterocycles. The molecule has 0 fully saturated rings. The molecule has 1 atom stereocenters. The van der Waals surface area contributed by atoms with Gasteiger partial charge in [0.05, 0.1) is 18.8 Å². The zero-order valence-corrected chi connectivity index (χ0v) is 14.5. The Morgan fingerprint density at radius 1 is 1.18 bits per heavy atom. The van der Waals surface area contributed by atoms with Crippen LogP contribution in [-0.2, 0) is 12.0 Å². The van der Waals surface area contributed by atoms with Crippen LogP contribution in [0.3, 0.4) is 0 Å². The Morgan fingerprint density at radius 2 is 1.86 bits per heavy atom. The molecule has 1 heterocycles. The monoisotopic (exact) mass is 316 g/mol. The van der Waals surface area contributed by atoms with Crippen LogP contribution in [0.2, 0.25) is 0 Å². The van der Waals surface area contributed by atoms with Crippen molar-refractivity contribution in [1.29, 1.82) is 0 Å². The van der Waals surface area contributed by atoms with Crippen molar-refractivity contribution in [3.05, 3.63) is 59.5 Å². The van der Waals surface area contributed by atoms with Crippen molar-refractivity contribution in [3.63, 3.8) is 0 Å². The van der Waals surface area contributed by atoms with Gasteiger partial charge in [0.2, 0.25) is 0 Å². The maximum absolute atomic E-state index is 5.32. The minimum Gasteiger partial charge on any atom is -0.467 e. The Hall–Kier alpha value is -1.81. The lowest BCUT2D eigenvalue weighted by Crippen LogP contribution is -2.36. The number of thiocarbonyl (C=S) groups is 1. The lowest BCUT2D eigenvalue weighted by molar-refractivity contribution is 0.501. The van der Waals surface area contributed by atoms with Crippen molar-refractivity contribution >= 4 is 17.3 Å². The van der Waals surface area contributed by atoms with Crippen LogP contribution in [-0.4, -0.2) is 5.11 Å². The molecule has 0 bridgehead atoms. The highest BCUT2D eigenvalue weighted by molar-refractivity contribution is 7.80. The van der Waals surface area contributed by atoms with Crippen molar-refractivity contribution in [1.82, 2.24) is 10.6 Å². The third kappa shape index (κ3) is 4.60. The summed E-state index contributed by atoms with van der Waals surface area (Å²) in [6.07, 6.45) is 1.66. The topological polar surface area (TPSA) is 37.2 Å². The molecule has 2 N–H and O–H groups in total. The highest BCUT2D eigenvalue weighted by Crippen LogP contribution is 2.23. The Bertz CT molecular complexity index is 597. The second-order valence-electron chi connectivity index (χ2n) is 6.50. The van der Waals surface area contributed by atoms with E-state index in [-0.39, 0.29) is 11.5 Å². The number of rotatable bonds is 4. The summed E-state index contributed by atoms with van der Waals surface area (Å²) in [7, 11) is 0. The van der Waals surface area contributed by atoms with Crippen LogP contribution in [0.4, 0.5) is 0 Å². The van der Waals surface area contributed by atoms with Crippen molar-refractivity contribution in [2.45, 2.75) is 45.7 Å². The van der Waals surface area contributed by atoms with Gasteiger partial charge >= 0.3 is 0 Å². The van der Waals surface area contributed by atoms with Crippen LogP contribution in [0.5, 0.6) is 0 Å². The smallest absolute Gasteiger partial charge is 0.167 e. The predicted molar refractivity (Wildman–Crippen MR) is 94.8 cm³/mol. The third-order valence-electron chi connectivity index (χ3n) is 3.63. The minimum atomic E-state index is 0.158. The van der Waals surface area contributed by atoms with Crippen LogP contribution in [0.15, 0.2) is 47.1 Å². The Morgan fingerprint density at radius 3 is 2.41 bits per heavy atom. The van der Waals surface area contributed by atoms with Gasteiger partial charge < -0.3 is 15.1 Å². The molecule has 4 heteroatoms. The molecule has 0 aliphatic rings. The standard InChI is InChI=1S/C18H24N2OS/c1-13(14-7-9-15(10-8-14)18(2,3)4)20-17(22)19-12-16-6-5-11-21-16/h5-11,13H,12H2,1-4H3,(H2,19,20,22). The number of benzene rings is 1. The van der Waals surface area contributed by atoms with Gasteiger partial charge in [-0.15, -0.1) is 0 Å². The van der Waals surface area contributed by atoms with Crippen molar-refractivity contribution in [2.24, 2.45) is 0 Å². The van der Waals surface area contributed by atoms with E-state index in [1.54, 1.807) is 6.26 Å². The zero-order valence-electron chi connectivity index (χ0n) is 13.6. The summed E-state index contributed by atoms with van der Waals surface area (Å²) in [4.78, 5) is 0. The number of nitrogens with one attached hydrogen (secondary N) is 2. The van der Waals surface area contributed by atoms with Gasteiger partial charge in [0.25, 0.3) is 0 Å². The second kappa shape index (κ2) is 6.97. The maximum atomic E-state index is 5.32. The highest BCUT2D eigenvalue weighted by atomic mass is 32.1. The summed E-state index contributed by atoms with van der Waals surface area (Å²) < 4.78 is 5.27. The first kappa shape index (κ1) is 16.6. The summed E-state index contributed by atoms with van der Waals surface area (Å²) in [5.74, 6) is 0.867. The van der Waals surface area contributed by atoms with Crippen LogP contribution < -0.4 is 10.6 Å². The van der Waals surface area contributed by atoms with Gasteiger partial charge in [-0.05, 0) is 47.8 Å². The minimum absolute atomic E-state index is 0.158. The fourth-order valence-electron chi connectivity index (χ4n) is 2.18. The lowest BCUT2D eigenvalue weighted by Gasteiger charge is -2.21. The molecule has 0 aliphatic carbocycles. The van der Waals surface area contributed by atoms with Crippen LogP contribution in [0, 0.1) is 0 Å². The Balaban J connectivity index is 1.88. The third-order valence-corrected chi connectivity index (χ3v) is 3.89. The maximum Gasteiger partial charge on any atom is 0.167 e. The molecule has 0 radical (unpaired) electrons. The molecule has 1 unspecified atom stereocenters. The Kier molecular flexibility index (Phi) is 5.24. The van der Waals surface area contributed by atoms with E-state index in [2.05, 4.69) is 62.6 Å². The fraction of sp³-hybridized carbons (Fsp3) is 0.389. The van der Waals surface area contributed by atoms with E-state index in [1.807, 2.05) is 12.1 Å². The number of hydrogen-bond donors (Lipinski definition) is 2. The first-order valence-electron chi connectivity index (χ1n) is 7.53. The van der Waals surface area contributed by atoms with Crippen LogP contribution in [0.25, 0.3) is 0 Å². The lowest BCUT2D eigenvalue weighted by atomic mass is 9.86. The molecule has 0 saturated heterocycles. The first-order chi connectivity index (χ1) is 10.4. The second-order valence-corrected chi connectivity index (χ2v) is 6.91. The van der Waals surface area contributed by atoms with Gasteiger partial charge in [0.1, 0.15) is 5.76 Å². The summed E-state index contributed by atoms with van der Waals surface area (Å²) >= 11 is 5.32. The molecule has 3 nitrogen and oxygen atoms in total. The molecular weight excluding hydrogens is 292 g/mol. The normalized spacial score (nSPS) is 12.7. The molecular formula is C18H24N2OS. The molecule has 1 aromatic heterocycles. The van der Waals surface area contributed by atoms with E-state index in [9.17, 15) is 0 Å². The van der Waals surface area contributed by atoms with E-state index in [0.29, 0.717) is 11.7 Å². The van der Waals surface area contributed by atoms with Crippen LogP contribution in [0.1, 0.15) is 50.6 Å². The van der Waals surface area contributed by atoms with Gasteiger partial charge in [-0.3, -0.25) is 0 Å². The first-order valence-corrected chi connectivity index (χ1v) is 7.94.